The first kappa shape index (κ1) is 31.7. The number of methoxy groups -OCH3 is 1. The number of rotatable bonds is 7. The number of aliphatic hydroxyl groups is 1. The Morgan fingerprint density at radius 1 is 1.21 bits per heavy atom. The molecule has 5 unspecified atom stereocenters. The molecule has 1 aliphatic heterocycles. The number of nitrogens with zero attached hydrogens (tertiary/aromatic N) is 1. The van der Waals surface area contributed by atoms with Gasteiger partial charge in [0.2, 0.25) is 5.91 Å². The van der Waals surface area contributed by atoms with Crippen LogP contribution < -0.4 is 21.1 Å². The molecule has 0 radical (unpaired) electrons. The lowest BCUT2D eigenvalue weighted by atomic mass is 9.62. The number of nitrogens with two attached hydrogens (primary N) is 1. The van der Waals surface area contributed by atoms with Gasteiger partial charge in [-0.1, -0.05) is 68.2 Å². The van der Waals surface area contributed by atoms with E-state index in [0.717, 1.165) is 6.07 Å². The van der Waals surface area contributed by atoms with E-state index in [2.05, 4.69) is 16.7 Å². The van der Waals surface area contributed by atoms with Crippen molar-refractivity contribution >= 4 is 34.8 Å². The molecule has 0 saturated carbocycles. The molecule has 0 aromatic heterocycles. The molecule has 11 heteroatoms. The van der Waals surface area contributed by atoms with Crippen LogP contribution in [0.1, 0.15) is 56.0 Å². The van der Waals surface area contributed by atoms with E-state index in [1.807, 2.05) is 20.8 Å². The lowest BCUT2D eigenvalue weighted by Crippen LogP contribution is -2.45. The van der Waals surface area contributed by atoms with Crippen LogP contribution in [-0.4, -0.2) is 30.2 Å². The summed E-state index contributed by atoms with van der Waals surface area (Å²) in [6, 6.07) is 13.1. The molecule has 7 nitrogen and oxygen atoms in total. The number of nitriles is 1. The number of anilines is 1. The zero-order valence-electron chi connectivity index (χ0n) is 23.5. The molecule has 1 heterocycles. The van der Waals surface area contributed by atoms with E-state index in [-0.39, 0.29) is 38.0 Å². The predicted molar refractivity (Wildman–Crippen MR) is 158 cm³/mol. The van der Waals surface area contributed by atoms with Crippen LogP contribution in [0.25, 0.3) is 0 Å². The first-order valence-electron chi connectivity index (χ1n) is 13.2. The Hall–Kier alpha value is -3.26. The summed E-state index contributed by atoms with van der Waals surface area (Å²) in [7, 11) is 1.39. The standard InChI is InChI=1S/C31H32Cl2F2N4O3/c1-30(2,3)14-24-31(15-36,19-10-9-17(32)13-21(19)34)25(18-6-5-7-20(33)26(18)35)27(39-24)29(41)38-22-11-8-16(28(37)40)12-23(22)42-4/h5-13,24-25,27-28,39-40H,14,37H2,1-4H3,(H,38,41). The maximum atomic E-state index is 15.8. The van der Waals surface area contributed by atoms with E-state index in [1.165, 1.54) is 55.6 Å². The molecule has 5 atom stereocenters. The van der Waals surface area contributed by atoms with Crippen molar-refractivity contribution in [2.75, 3.05) is 12.4 Å². The van der Waals surface area contributed by atoms with Crippen LogP contribution in [0.3, 0.4) is 0 Å². The Balaban J connectivity index is 1.94. The molecule has 1 amide bonds. The molecule has 42 heavy (non-hydrogen) atoms. The van der Waals surface area contributed by atoms with E-state index < -0.39 is 47.2 Å². The summed E-state index contributed by atoms with van der Waals surface area (Å²) in [5, 5.41) is 26.7. The van der Waals surface area contributed by atoms with Crippen molar-refractivity contribution in [3.63, 3.8) is 0 Å². The van der Waals surface area contributed by atoms with Gasteiger partial charge in [0, 0.05) is 22.5 Å². The summed E-state index contributed by atoms with van der Waals surface area (Å²) >= 11 is 12.3. The third-order valence-corrected chi connectivity index (χ3v) is 8.08. The molecule has 0 spiro atoms. The highest BCUT2D eigenvalue weighted by atomic mass is 35.5. The van der Waals surface area contributed by atoms with Gasteiger partial charge in [-0.2, -0.15) is 5.26 Å². The van der Waals surface area contributed by atoms with Gasteiger partial charge in [-0.15, -0.1) is 0 Å². The third-order valence-electron chi connectivity index (χ3n) is 7.56. The van der Waals surface area contributed by atoms with Crippen molar-refractivity contribution in [2.45, 2.75) is 56.8 Å². The molecule has 3 aromatic carbocycles. The Morgan fingerprint density at radius 2 is 1.93 bits per heavy atom. The van der Waals surface area contributed by atoms with E-state index in [1.54, 1.807) is 0 Å². The molecular weight excluding hydrogens is 585 g/mol. The molecule has 1 fully saturated rings. The Kier molecular flexibility index (Phi) is 9.17. The number of halogens is 4. The second-order valence-electron chi connectivity index (χ2n) is 11.6. The van der Waals surface area contributed by atoms with Crippen LogP contribution in [-0.2, 0) is 10.2 Å². The summed E-state index contributed by atoms with van der Waals surface area (Å²) < 4.78 is 37.0. The minimum absolute atomic E-state index is 0.0176. The fraction of sp³-hybridized carbons (Fsp3) is 0.355. The van der Waals surface area contributed by atoms with Gasteiger partial charge in [0.25, 0.3) is 0 Å². The zero-order chi connectivity index (χ0) is 31.0. The summed E-state index contributed by atoms with van der Waals surface area (Å²) in [6.45, 7) is 5.86. The van der Waals surface area contributed by atoms with Crippen molar-refractivity contribution < 1.29 is 23.4 Å². The summed E-state index contributed by atoms with van der Waals surface area (Å²) in [5.74, 6) is -3.19. The van der Waals surface area contributed by atoms with Crippen LogP contribution >= 0.6 is 23.2 Å². The van der Waals surface area contributed by atoms with E-state index in [0.29, 0.717) is 12.0 Å². The van der Waals surface area contributed by atoms with Crippen molar-refractivity contribution in [3.05, 3.63) is 93.0 Å². The first-order chi connectivity index (χ1) is 19.7. The van der Waals surface area contributed by atoms with Gasteiger partial charge in [0.1, 0.15) is 29.0 Å². The third kappa shape index (κ3) is 5.96. The number of hydrogen-bond acceptors (Lipinski definition) is 6. The van der Waals surface area contributed by atoms with Crippen LogP contribution in [0.15, 0.2) is 54.6 Å². The average molecular weight is 618 g/mol. The second-order valence-corrected chi connectivity index (χ2v) is 12.4. The number of carbonyl (C=O) groups excluding carboxylic acids is 1. The van der Waals surface area contributed by atoms with Gasteiger partial charge >= 0.3 is 0 Å². The monoisotopic (exact) mass is 616 g/mol. The van der Waals surface area contributed by atoms with Crippen LogP contribution in [0.2, 0.25) is 10.0 Å². The molecular formula is C31H32Cl2F2N4O3. The van der Waals surface area contributed by atoms with E-state index in [9.17, 15) is 15.2 Å². The largest absolute Gasteiger partial charge is 0.495 e. The van der Waals surface area contributed by atoms with Crippen LogP contribution in [0.4, 0.5) is 14.5 Å². The minimum atomic E-state index is -1.76. The Morgan fingerprint density at radius 3 is 2.52 bits per heavy atom. The van der Waals surface area contributed by atoms with Gasteiger partial charge in [-0.05, 0) is 53.3 Å². The summed E-state index contributed by atoms with van der Waals surface area (Å²) in [4.78, 5) is 14.1. The van der Waals surface area contributed by atoms with Crippen LogP contribution in [0.5, 0.6) is 5.75 Å². The lowest BCUT2D eigenvalue weighted by Gasteiger charge is -2.37. The highest BCUT2D eigenvalue weighted by molar-refractivity contribution is 6.31. The summed E-state index contributed by atoms with van der Waals surface area (Å²) in [5.41, 5.74) is 4.00. The van der Waals surface area contributed by atoms with Gasteiger partial charge in [-0.25, -0.2) is 8.78 Å². The van der Waals surface area contributed by atoms with Gasteiger partial charge in [-0.3, -0.25) is 4.79 Å². The molecule has 1 aliphatic rings. The zero-order valence-corrected chi connectivity index (χ0v) is 25.0. The van der Waals surface area contributed by atoms with Gasteiger partial charge in [0.05, 0.1) is 29.9 Å². The van der Waals surface area contributed by atoms with Crippen molar-refractivity contribution in [2.24, 2.45) is 11.1 Å². The highest BCUT2D eigenvalue weighted by Crippen LogP contribution is 2.53. The molecule has 0 aliphatic carbocycles. The number of nitrogens with one attached hydrogen (secondary N) is 2. The molecule has 3 aromatic rings. The fourth-order valence-corrected chi connectivity index (χ4v) is 6.10. The van der Waals surface area contributed by atoms with Crippen molar-refractivity contribution in [1.82, 2.24) is 5.32 Å². The summed E-state index contributed by atoms with van der Waals surface area (Å²) in [6.07, 6.45) is -0.934. The first-order valence-corrected chi connectivity index (χ1v) is 14.0. The molecule has 4 rings (SSSR count). The average Bonchev–Trinajstić information content (AvgIpc) is 3.23. The molecule has 222 valence electrons. The smallest absolute Gasteiger partial charge is 0.242 e. The number of amides is 1. The predicted octanol–water partition coefficient (Wildman–Crippen LogP) is 6.19. The van der Waals surface area contributed by atoms with Gasteiger partial charge in [0.15, 0.2) is 0 Å². The molecule has 0 bridgehead atoms. The van der Waals surface area contributed by atoms with Gasteiger partial charge < -0.3 is 26.2 Å². The lowest BCUT2D eigenvalue weighted by molar-refractivity contribution is -0.118. The maximum Gasteiger partial charge on any atom is 0.242 e. The fourth-order valence-electron chi connectivity index (χ4n) is 5.76. The SMILES string of the molecule is COc1cc(C(N)O)ccc1NC(=O)C1NC(CC(C)(C)C)C(C#N)(c2ccc(Cl)cc2F)C1c1cccc(Cl)c1F. The number of carbonyl (C=O) groups is 1. The maximum absolute atomic E-state index is 15.8. The number of ether oxygens (including phenoxy) is 1. The highest BCUT2D eigenvalue weighted by Gasteiger charge is 2.61. The minimum Gasteiger partial charge on any atom is -0.495 e. The topological polar surface area (TPSA) is 120 Å². The van der Waals surface area contributed by atoms with Crippen molar-refractivity contribution in [1.29, 1.82) is 5.26 Å². The molecule has 1 saturated heterocycles. The van der Waals surface area contributed by atoms with E-state index >= 15 is 8.78 Å². The number of aliphatic hydroxyl groups excluding tert-OH is 1. The number of hydrogen-bond donors (Lipinski definition) is 4. The Labute approximate surface area is 253 Å². The quantitative estimate of drug-likeness (QED) is 0.235. The van der Waals surface area contributed by atoms with E-state index in [4.69, 9.17) is 33.7 Å². The van der Waals surface area contributed by atoms with Crippen LogP contribution in [0, 0.1) is 28.4 Å². The second kappa shape index (κ2) is 12.2. The number of benzene rings is 3. The normalized spacial score (nSPS) is 22.8. The Bertz CT molecular complexity index is 1540. The van der Waals surface area contributed by atoms with Crippen molar-refractivity contribution in [3.8, 4) is 11.8 Å². The molecule has 5 N–H and O–H groups in total.